The predicted octanol–water partition coefficient (Wildman–Crippen LogP) is 3.94. The molecule has 0 bridgehead atoms. The number of alkyl halides is 2. The van der Waals surface area contributed by atoms with E-state index in [2.05, 4.69) is 5.10 Å². The summed E-state index contributed by atoms with van der Waals surface area (Å²) in [6.07, 6.45) is -1.55. The van der Waals surface area contributed by atoms with Gasteiger partial charge in [0, 0.05) is 6.26 Å². The normalized spacial score (nSPS) is 11.8. The number of halogens is 2. The van der Waals surface area contributed by atoms with Crippen molar-refractivity contribution in [2.45, 2.75) is 17.9 Å². The van der Waals surface area contributed by atoms with E-state index in [0.717, 1.165) is 11.8 Å². The summed E-state index contributed by atoms with van der Waals surface area (Å²) >= 11 is 0. The van der Waals surface area contributed by atoms with Crippen LogP contribution in [0, 0.1) is 0 Å². The molecule has 0 aliphatic carbocycles. The van der Waals surface area contributed by atoms with Crippen LogP contribution in [0.4, 0.5) is 8.78 Å². The predicted molar refractivity (Wildman–Crippen MR) is 91.3 cm³/mol. The lowest BCUT2D eigenvalue weighted by Gasteiger charge is -2.08. The third-order valence-electron chi connectivity index (χ3n) is 3.78. The molecule has 0 saturated carbocycles. The molecule has 0 aliphatic heterocycles. The van der Waals surface area contributed by atoms with Crippen molar-refractivity contribution in [2.75, 3.05) is 6.26 Å². The van der Waals surface area contributed by atoms with E-state index >= 15 is 0 Å². The van der Waals surface area contributed by atoms with E-state index in [1.165, 1.54) is 22.9 Å². The third kappa shape index (κ3) is 3.93. The van der Waals surface area contributed by atoms with Crippen LogP contribution < -0.4 is 0 Å². The number of benzene rings is 2. The molecule has 25 heavy (non-hydrogen) atoms. The maximum absolute atomic E-state index is 13.1. The minimum Gasteiger partial charge on any atom is -0.260 e. The Hall–Kier alpha value is -2.54. The molecule has 0 unspecified atom stereocenters. The van der Waals surface area contributed by atoms with E-state index in [-0.39, 0.29) is 10.6 Å². The van der Waals surface area contributed by atoms with Gasteiger partial charge in [-0.25, -0.2) is 17.2 Å². The van der Waals surface area contributed by atoms with Gasteiger partial charge in [-0.15, -0.1) is 0 Å². The molecule has 2 aromatic carbocycles. The van der Waals surface area contributed by atoms with E-state index < -0.39 is 16.3 Å². The maximum atomic E-state index is 13.1. The first-order chi connectivity index (χ1) is 11.8. The van der Waals surface area contributed by atoms with Gasteiger partial charge in [0.15, 0.2) is 9.84 Å². The minimum absolute atomic E-state index is 0.180. The van der Waals surface area contributed by atoms with Crippen LogP contribution in [-0.2, 0) is 16.4 Å². The lowest BCUT2D eigenvalue weighted by molar-refractivity contribution is 0.145. The Bertz CT molecular complexity index is 966. The van der Waals surface area contributed by atoms with Crippen molar-refractivity contribution in [1.29, 1.82) is 0 Å². The highest BCUT2D eigenvalue weighted by atomic mass is 32.2. The van der Waals surface area contributed by atoms with E-state index in [1.807, 2.05) is 30.3 Å². The second-order valence-corrected chi connectivity index (χ2v) is 7.71. The fourth-order valence-electron chi connectivity index (χ4n) is 2.53. The molecule has 0 spiro atoms. The summed E-state index contributed by atoms with van der Waals surface area (Å²) in [6.45, 7) is 0.344. The Morgan fingerprint density at radius 1 is 1.04 bits per heavy atom. The minimum atomic E-state index is -3.31. The molecule has 1 heterocycles. The first-order valence-electron chi connectivity index (χ1n) is 7.55. The largest absolute Gasteiger partial charge is 0.282 e. The molecule has 7 heteroatoms. The zero-order valence-electron chi connectivity index (χ0n) is 13.4. The Morgan fingerprint density at radius 3 is 2.24 bits per heavy atom. The molecule has 0 radical (unpaired) electrons. The summed E-state index contributed by atoms with van der Waals surface area (Å²) in [6, 6.07) is 16.9. The zero-order chi connectivity index (χ0) is 18.0. The van der Waals surface area contributed by atoms with Crippen molar-refractivity contribution in [3.8, 4) is 11.3 Å². The van der Waals surface area contributed by atoms with Crippen LogP contribution in [0.5, 0.6) is 0 Å². The highest BCUT2D eigenvalue weighted by Crippen LogP contribution is 2.27. The van der Waals surface area contributed by atoms with E-state index in [9.17, 15) is 17.2 Å². The number of aromatic nitrogens is 2. The van der Waals surface area contributed by atoms with Gasteiger partial charge in [0.2, 0.25) is 0 Å². The van der Waals surface area contributed by atoms with Gasteiger partial charge in [-0.1, -0.05) is 42.5 Å². The molecule has 0 N–H and O–H groups in total. The lowest BCUT2D eigenvalue weighted by atomic mass is 10.1. The number of sulfone groups is 1. The van der Waals surface area contributed by atoms with Crippen LogP contribution in [-0.4, -0.2) is 24.5 Å². The van der Waals surface area contributed by atoms with Crippen LogP contribution in [0.3, 0.4) is 0 Å². The van der Waals surface area contributed by atoms with Crippen LogP contribution in [0.1, 0.15) is 17.7 Å². The standard InChI is InChI=1S/C18H16F2N2O2S/c1-25(23,24)15-9-7-14(8-10-15)17-11-16(18(19)20)21-22(17)12-13-5-3-2-4-6-13/h2-11,18H,12H2,1H3. The van der Waals surface area contributed by atoms with Crippen molar-refractivity contribution in [3.63, 3.8) is 0 Å². The first kappa shape index (κ1) is 17.3. The molecule has 3 rings (SSSR count). The Morgan fingerprint density at radius 2 is 1.68 bits per heavy atom. The Labute approximate surface area is 144 Å². The first-order valence-corrected chi connectivity index (χ1v) is 9.44. The maximum Gasteiger partial charge on any atom is 0.282 e. The monoisotopic (exact) mass is 362 g/mol. The van der Waals surface area contributed by atoms with E-state index in [4.69, 9.17) is 0 Å². The van der Waals surface area contributed by atoms with Crippen LogP contribution in [0.15, 0.2) is 65.6 Å². The van der Waals surface area contributed by atoms with Crippen molar-refractivity contribution >= 4 is 9.84 Å². The molecule has 0 amide bonds. The number of nitrogens with zero attached hydrogens (tertiary/aromatic N) is 2. The third-order valence-corrected chi connectivity index (χ3v) is 4.90. The average molecular weight is 362 g/mol. The second kappa shape index (κ2) is 6.76. The van der Waals surface area contributed by atoms with Gasteiger partial charge in [0.05, 0.1) is 17.1 Å². The molecular formula is C18H16F2N2O2S. The average Bonchev–Trinajstić information content (AvgIpc) is 2.99. The summed E-state index contributed by atoms with van der Waals surface area (Å²) in [4.78, 5) is 0.180. The quantitative estimate of drug-likeness (QED) is 0.691. The summed E-state index contributed by atoms with van der Waals surface area (Å²) in [5, 5.41) is 4.00. The lowest BCUT2D eigenvalue weighted by Crippen LogP contribution is -2.04. The number of hydrogen-bond acceptors (Lipinski definition) is 3. The van der Waals surface area contributed by atoms with E-state index in [0.29, 0.717) is 17.8 Å². The van der Waals surface area contributed by atoms with Crippen LogP contribution in [0.25, 0.3) is 11.3 Å². The van der Waals surface area contributed by atoms with E-state index in [1.54, 1.807) is 12.1 Å². The van der Waals surface area contributed by atoms with Gasteiger partial charge in [-0.3, -0.25) is 4.68 Å². The molecule has 0 atom stereocenters. The summed E-state index contributed by atoms with van der Waals surface area (Å²) < 4.78 is 50.8. The highest BCUT2D eigenvalue weighted by Gasteiger charge is 2.17. The van der Waals surface area contributed by atoms with Gasteiger partial charge >= 0.3 is 0 Å². The molecule has 0 saturated heterocycles. The van der Waals surface area contributed by atoms with Crippen LogP contribution in [0.2, 0.25) is 0 Å². The Kier molecular flexibility index (Phi) is 4.67. The topological polar surface area (TPSA) is 52.0 Å². The molecule has 1 aromatic heterocycles. The Balaban J connectivity index is 2.02. The van der Waals surface area contributed by atoms with Crippen molar-refractivity contribution < 1.29 is 17.2 Å². The number of rotatable bonds is 5. The van der Waals surface area contributed by atoms with Gasteiger partial charge in [-0.05, 0) is 29.3 Å². The van der Waals surface area contributed by atoms with Gasteiger partial charge in [0.1, 0.15) is 5.69 Å². The highest BCUT2D eigenvalue weighted by molar-refractivity contribution is 7.90. The zero-order valence-corrected chi connectivity index (χ0v) is 14.2. The van der Waals surface area contributed by atoms with Gasteiger partial charge in [-0.2, -0.15) is 5.10 Å². The molecule has 0 aliphatic rings. The van der Waals surface area contributed by atoms with Gasteiger partial charge < -0.3 is 0 Å². The fourth-order valence-corrected chi connectivity index (χ4v) is 3.16. The molecule has 130 valence electrons. The van der Waals surface area contributed by atoms with Crippen molar-refractivity contribution in [1.82, 2.24) is 9.78 Å². The molecule has 3 aromatic rings. The number of hydrogen-bond donors (Lipinski definition) is 0. The second-order valence-electron chi connectivity index (χ2n) is 5.69. The smallest absolute Gasteiger partial charge is 0.260 e. The summed E-state index contributed by atoms with van der Waals surface area (Å²) in [5.74, 6) is 0. The van der Waals surface area contributed by atoms with Crippen LogP contribution >= 0.6 is 0 Å². The van der Waals surface area contributed by atoms with Crippen molar-refractivity contribution in [2.24, 2.45) is 0 Å². The van der Waals surface area contributed by atoms with Gasteiger partial charge in [0.25, 0.3) is 6.43 Å². The van der Waals surface area contributed by atoms with Crippen molar-refractivity contribution in [3.05, 3.63) is 71.9 Å². The summed E-state index contributed by atoms with van der Waals surface area (Å²) in [7, 11) is -3.31. The molecule has 0 fully saturated rings. The molecular weight excluding hydrogens is 346 g/mol. The summed E-state index contributed by atoms with van der Waals surface area (Å²) in [5.41, 5.74) is 1.76. The SMILES string of the molecule is CS(=O)(=O)c1ccc(-c2cc(C(F)F)nn2Cc2ccccc2)cc1. The molecule has 4 nitrogen and oxygen atoms in total. The fraction of sp³-hybridized carbons (Fsp3) is 0.167.